The van der Waals surface area contributed by atoms with Crippen LogP contribution in [-0.2, 0) is 11.2 Å². The molecule has 126 valence electrons. The Bertz CT molecular complexity index is 698. The van der Waals surface area contributed by atoms with Crippen molar-refractivity contribution in [2.45, 2.75) is 12.5 Å². The van der Waals surface area contributed by atoms with Crippen LogP contribution in [0.2, 0.25) is 5.02 Å². The number of rotatable bonds is 5. The summed E-state index contributed by atoms with van der Waals surface area (Å²) in [5.74, 6) is 0.449. The number of amides is 1. The first-order valence-corrected chi connectivity index (χ1v) is 8.20. The molecule has 2 aromatic rings. The van der Waals surface area contributed by atoms with E-state index in [-0.39, 0.29) is 30.9 Å². The quantitative estimate of drug-likeness (QED) is 0.853. The van der Waals surface area contributed by atoms with Gasteiger partial charge in [-0.2, -0.15) is 0 Å². The van der Waals surface area contributed by atoms with Gasteiger partial charge in [0.15, 0.2) is 0 Å². The summed E-state index contributed by atoms with van der Waals surface area (Å²) in [6, 6.07) is 8.91. The molecular formula is C17H19ClN4O2. The van der Waals surface area contributed by atoms with Crippen molar-refractivity contribution in [3.05, 3.63) is 53.3 Å². The smallest absolute Gasteiger partial charge is 0.225 e. The van der Waals surface area contributed by atoms with E-state index in [1.807, 2.05) is 23.1 Å². The minimum atomic E-state index is -0.145. The predicted molar refractivity (Wildman–Crippen MR) is 91.9 cm³/mol. The van der Waals surface area contributed by atoms with E-state index in [9.17, 15) is 9.90 Å². The monoisotopic (exact) mass is 346 g/mol. The van der Waals surface area contributed by atoms with Crippen molar-refractivity contribution in [2.75, 3.05) is 24.6 Å². The second kappa shape index (κ2) is 7.59. The van der Waals surface area contributed by atoms with E-state index in [1.54, 1.807) is 24.5 Å². The largest absolute Gasteiger partial charge is 0.396 e. The van der Waals surface area contributed by atoms with Gasteiger partial charge < -0.3 is 15.3 Å². The molecule has 24 heavy (non-hydrogen) atoms. The van der Waals surface area contributed by atoms with Crippen LogP contribution in [0.4, 0.5) is 5.95 Å². The molecule has 1 aliphatic heterocycles. The number of aliphatic hydroxyl groups excluding tert-OH is 1. The molecule has 2 unspecified atom stereocenters. The molecule has 1 aliphatic rings. The molecular weight excluding hydrogens is 328 g/mol. The Morgan fingerprint density at radius 2 is 2.00 bits per heavy atom. The van der Waals surface area contributed by atoms with Crippen LogP contribution in [0.15, 0.2) is 42.7 Å². The molecule has 1 aromatic carbocycles. The van der Waals surface area contributed by atoms with Crippen molar-refractivity contribution in [3.8, 4) is 0 Å². The lowest BCUT2D eigenvalue weighted by atomic mass is 10.0. The second-order valence-electron chi connectivity index (χ2n) is 5.84. The van der Waals surface area contributed by atoms with Gasteiger partial charge in [0, 0.05) is 43.0 Å². The number of hydrogen-bond acceptors (Lipinski definition) is 5. The van der Waals surface area contributed by atoms with Crippen molar-refractivity contribution in [3.63, 3.8) is 0 Å². The Balaban J connectivity index is 1.63. The van der Waals surface area contributed by atoms with Crippen LogP contribution < -0.4 is 10.2 Å². The van der Waals surface area contributed by atoms with Crippen molar-refractivity contribution < 1.29 is 9.90 Å². The number of aliphatic hydroxyl groups is 1. The standard InChI is InChI=1S/C17H19ClN4O2/c18-14-5-2-1-4-12(14)8-16(24)21-15-10-22(9-13(15)11-23)17-19-6-3-7-20-17/h1-7,13,15,23H,8-11H2,(H,21,24). The van der Waals surface area contributed by atoms with Gasteiger partial charge in [0.25, 0.3) is 0 Å². The Morgan fingerprint density at radius 1 is 1.25 bits per heavy atom. The lowest BCUT2D eigenvalue weighted by molar-refractivity contribution is -0.121. The minimum Gasteiger partial charge on any atom is -0.396 e. The predicted octanol–water partition coefficient (Wildman–Crippen LogP) is 1.29. The van der Waals surface area contributed by atoms with Crippen LogP contribution in [0.1, 0.15) is 5.56 Å². The fraction of sp³-hybridized carbons (Fsp3) is 0.353. The third-order valence-electron chi connectivity index (χ3n) is 4.17. The Hall–Kier alpha value is -2.18. The summed E-state index contributed by atoms with van der Waals surface area (Å²) in [6.45, 7) is 1.18. The summed E-state index contributed by atoms with van der Waals surface area (Å²) < 4.78 is 0. The van der Waals surface area contributed by atoms with Crippen molar-refractivity contribution in [1.82, 2.24) is 15.3 Å². The first-order valence-electron chi connectivity index (χ1n) is 7.83. The SMILES string of the molecule is O=C(Cc1ccccc1Cl)NC1CN(c2ncccn2)CC1CO. The van der Waals surface area contributed by atoms with Crippen molar-refractivity contribution >= 4 is 23.5 Å². The van der Waals surface area contributed by atoms with Gasteiger partial charge in [-0.25, -0.2) is 9.97 Å². The molecule has 6 nitrogen and oxygen atoms in total. The van der Waals surface area contributed by atoms with E-state index in [0.29, 0.717) is 24.1 Å². The number of halogens is 1. The third kappa shape index (κ3) is 3.83. The molecule has 1 aromatic heterocycles. The van der Waals surface area contributed by atoms with E-state index < -0.39 is 0 Å². The topological polar surface area (TPSA) is 78.4 Å². The minimum absolute atomic E-state index is 0.000370. The number of hydrogen-bond donors (Lipinski definition) is 2. The number of nitrogens with zero attached hydrogens (tertiary/aromatic N) is 3. The van der Waals surface area contributed by atoms with Gasteiger partial charge in [-0.15, -0.1) is 0 Å². The van der Waals surface area contributed by atoms with Crippen LogP contribution in [-0.4, -0.2) is 46.7 Å². The number of carbonyl (C=O) groups excluding carboxylic acids is 1. The molecule has 7 heteroatoms. The molecule has 1 saturated heterocycles. The first-order chi connectivity index (χ1) is 11.7. The van der Waals surface area contributed by atoms with Gasteiger partial charge in [0.05, 0.1) is 12.5 Å². The van der Waals surface area contributed by atoms with E-state index in [4.69, 9.17) is 11.6 Å². The number of benzene rings is 1. The second-order valence-corrected chi connectivity index (χ2v) is 6.25. The van der Waals surface area contributed by atoms with Gasteiger partial charge in [0.2, 0.25) is 11.9 Å². The Labute approximate surface area is 145 Å². The first kappa shape index (κ1) is 16.7. The number of aromatic nitrogens is 2. The average molecular weight is 347 g/mol. The molecule has 1 fully saturated rings. The van der Waals surface area contributed by atoms with Gasteiger partial charge >= 0.3 is 0 Å². The summed E-state index contributed by atoms with van der Waals surface area (Å²) in [5.41, 5.74) is 0.790. The van der Waals surface area contributed by atoms with Gasteiger partial charge in [-0.3, -0.25) is 4.79 Å². The third-order valence-corrected chi connectivity index (χ3v) is 4.53. The molecule has 2 heterocycles. The highest BCUT2D eigenvalue weighted by Crippen LogP contribution is 2.21. The number of anilines is 1. The molecule has 0 bridgehead atoms. The molecule has 0 aliphatic carbocycles. The van der Waals surface area contributed by atoms with Gasteiger partial charge in [-0.1, -0.05) is 29.8 Å². The fourth-order valence-electron chi connectivity index (χ4n) is 2.91. The fourth-order valence-corrected chi connectivity index (χ4v) is 3.11. The lowest BCUT2D eigenvalue weighted by Crippen LogP contribution is -2.42. The summed E-state index contributed by atoms with van der Waals surface area (Å²) in [7, 11) is 0. The molecule has 3 rings (SSSR count). The molecule has 1 amide bonds. The van der Waals surface area contributed by atoms with Gasteiger partial charge in [0.1, 0.15) is 0 Å². The summed E-state index contributed by atoms with van der Waals surface area (Å²) in [5, 5.41) is 13.2. The van der Waals surface area contributed by atoms with Crippen LogP contribution in [0.25, 0.3) is 0 Å². The summed E-state index contributed by atoms with van der Waals surface area (Å²) in [4.78, 5) is 22.7. The van der Waals surface area contributed by atoms with Crippen LogP contribution in [0.5, 0.6) is 0 Å². The maximum absolute atomic E-state index is 12.3. The molecule has 2 atom stereocenters. The highest BCUT2D eigenvalue weighted by atomic mass is 35.5. The van der Waals surface area contributed by atoms with Crippen molar-refractivity contribution in [1.29, 1.82) is 0 Å². The Morgan fingerprint density at radius 3 is 2.71 bits per heavy atom. The number of nitrogens with one attached hydrogen (secondary N) is 1. The van der Waals surface area contributed by atoms with E-state index in [1.165, 1.54) is 0 Å². The normalized spacial score (nSPS) is 20.2. The van der Waals surface area contributed by atoms with E-state index in [0.717, 1.165) is 5.56 Å². The maximum Gasteiger partial charge on any atom is 0.225 e. The molecule has 2 N–H and O–H groups in total. The van der Waals surface area contributed by atoms with Crippen LogP contribution >= 0.6 is 11.6 Å². The lowest BCUT2D eigenvalue weighted by Gasteiger charge is -2.18. The maximum atomic E-state index is 12.3. The molecule has 0 saturated carbocycles. The Kier molecular flexibility index (Phi) is 5.27. The van der Waals surface area contributed by atoms with E-state index in [2.05, 4.69) is 15.3 Å². The highest BCUT2D eigenvalue weighted by molar-refractivity contribution is 6.31. The molecule has 0 radical (unpaired) electrons. The van der Waals surface area contributed by atoms with Crippen LogP contribution in [0.3, 0.4) is 0 Å². The summed E-state index contributed by atoms with van der Waals surface area (Å²) in [6.07, 6.45) is 3.58. The molecule has 0 spiro atoms. The zero-order chi connectivity index (χ0) is 16.9. The van der Waals surface area contributed by atoms with Crippen LogP contribution in [0, 0.1) is 5.92 Å². The summed E-state index contributed by atoms with van der Waals surface area (Å²) >= 11 is 6.10. The van der Waals surface area contributed by atoms with Crippen molar-refractivity contribution in [2.24, 2.45) is 5.92 Å². The number of carbonyl (C=O) groups is 1. The van der Waals surface area contributed by atoms with E-state index >= 15 is 0 Å². The zero-order valence-electron chi connectivity index (χ0n) is 13.1. The highest BCUT2D eigenvalue weighted by Gasteiger charge is 2.34. The average Bonchev–Trinajstić information content (AvgIpc) is 3.00. The zero-order valence-corrected chi connectivity index (χ0v) is 13.9. The van der Waals surface area contributed by atoms with Gasteiger partial charge in [-0.05, 0) is 17.7 Å².